The van der Waals surface area contributed by atoms with Crippen LogP contribution in [0.2, 0.25) is 0 Å². The molecule has 1 aromatic heterocycles. The maximum absolute atomic E-state index is 8.54. The second-order valence-electron chi connectivity index (χ2n) is 1.63. The van der Waals surface area contributed by atoms with Crippen LogP contribution in [0.5, 0.6) is 5.88 Å². The Kier molecular flexibility index (Phi) is 2.53. The van der Waals surface area contributed by atoms with E-state index in [0.29, 0.717) is 22.8 Å². The minimum atomic E-state index is 0.554. The van der Waals surface area contributed by atoms with Gasteiger partial charge in [-0.05, 0) is 6.07 Å². The summed E-state index contributed by atoms with van der Waals surface area (Å²) in [5.74, 6) is 0.554. The summed E-state index contributed by atoms with van der Waals surface area (Å²) in [5, 5.41) is 0. The van der Waals surface area contributed by atoms with Crippen molar-refractivity contribution in [2.24, 2.45) is 0 Å². The molecule has 1 rings (SSSR count). The van der Waals surface area contributed by atoms with Crippen LogP contribution in [-0.2, 0) is 0 Å². The summed E-state index contributed by atoms with van der Waals surface area (Å²) in [4.78, 5) is 4.57. The van der Waals surface area contributed by atoms with Gasteiger partial charge in [0.25, 0.3) is 0 Å². The number of pyridine rings is 1. The van der Waals surface area contributed by atoms with E-state index in [4.69, 9.17) is 9.29 Å². The highest BCUT2D eigenvalue weighted by molar-refractivity contribution is 7.93. The van der Waals surface area contributed by atoms with Gasteiger partial charge >= 0.3 is 0 Å². The van der Waals surface area contributed by atoms with Crippen LogP contribution in [0.4, 0.5) is 0 Å². The summed E-state index contributed by atoms with van der Waals surface area (Å²) in [6.45, 7) is 0. The quantitative estimate of drug-likeness (QED) is 0.663. The molecular weight excluding hydrogens is 150 g/mol. The van der Waals surface area contributed by atoms with E-state index < -0.39 is 0 Å². The van der Waals surface area contributed by atoms with Crippen molar-refractivity contribution in [2.45, 2.75) is 4.90 Å². The first-order valence-corrected chi connectivity index (χ1v) is 3.45. The summed E-state index contributed by atoms with van der Waals surface area (Å²) >= 11 is 0.670. The van der Waals surface area contributed by atoms with E-state index in [1.165, 1.54) is 0 Å². The molecule has 0 saturated heterocycles. The Morgan fingerprint density at radius 1 is 1.60 bits per heavy atom. The summed E-state index contributed by atoms with van der Waals surface area (Å²) in [7, 11) is 1.55. The molecule has 1 aromatic rings. The largest absolute Gasteiger partial charge is 0.481 e. The Hall–Kier alpha value is -0.740. The smallest absolute Gasteiger partial charge is 0.212 e. The lowest BCUT2D eigenvalue weighted by Gasteiger charge is -1.96. The van der Waals surface area contributed by atoms with Crippen molar-refractivity contribution in [1.29, 1.82) is 0 Å². The third kappa shape index (κ3) is 1.62. The first-order chi connectivity index (χ1) is 4.86. The zero-order valence-electron chi connectivity index (χ0n) is 5.44. The van der Waals surface area contributed by atoms with Crippen molar-refractivity contribution in [3.63, 3.8) is 0 Å². The highest BCUT2D eigenvalue weighted by Crippen LogP contribution is 2.14. The fourth-order valence-corrected chi connectivity index (χ4v) is 0.770. The highest BCUT2D eigenvalue weighted by atomic mass is 32.2. The summed E-state index contributed by atoms with van der Waals surface area (Å²) in [5.41, 5.74) is 0. The van der Waals surface area contributed by atoms with Crippen molar-refractivity contribution in [3.05, 3.63) is 18.3 Å². The summed E-state index contributed by atoms with van der Waals surface area (Å²) < 4.78 is 13.3. The van der Waals surface area contributed by atoms with Gasteiger partial charge in [0.15, 0.2) is 0 Å². The zero-order chi connectivity index (χ0) is 7.40. The van der Waals surface area contributed by atoms with E-state index >= 15 is 0 Å². The molecule has 0 radical (unpaired) electrons. The van der Waals surface area contributed by atoms with Crippen LogP contribution in [-0.4, -0.2) is 16.6 Å². The van der Waals surface area contributed by atoms with Crippen molar-refractivity contribution in [1.82, 2.24) is 4.98 Å². The third-order valence-electron chi connectivity index (χ3n) is 1.02. The predicted octanol–water partition coefficient (Wildman–Crippen LogP) is 1.66. The molecule has 0 amide bonds. The Morgan fingerprint density at radius 2 is 2.40 bits per heavy atom. The second-order valence-corrected chi connectivity index (χ2v) is 2.28. The molecule has 0 aromatic carbocycles. The molecule has 0 bridgehead atoms. The topological polar surface area (TPSA) is 42.4 Å². The lowest BCUT2D eigenvalue weighted by atomic mass is 10.5. The Balaban J connectivity index is 2.80. The van der Waals surface area contributed by atoms with E-state index in [0.717, 1.165) is 0 Å². The molecule has 0 aliphatic carbocycles. The summed E-state index contributed by atoms with van der Waals surface area (Å²) in [6, 6.07) is 3.43. The second kappa shape index (κ2) is 3.43. The standard InChI is InChI=1S/C6H7NO2S/c1-9-6-3-2-5(10-8)4-7-6/h2-4,8H,1H3. The molecule has 4 heteroatoms. The van der Waals surface area contributed by atoms with Crippen molar-refractivity contribution in [2.75, 3.05) is 7.11 Å². The molecule has 1 N–H and O–H groups in total. The first-order valence-electron chi connectivity index (χ1n) is 2.68. The van der Waals surface area contributed by atoms with Crippen LogP contribution in [0.25, 0.3) is 0 Å². The van der Waals surface area contributed by atoms with Gasteiger partial charge in [0, 0.05) is 24.3 Å². The van der Waals surface area contributed by atoms with Crippen LogP contribution < -0.4 is 4.74 Å². The van der Waals surface area contributed by atoms with Gasteiger partial charge in [-0.1, -0.05) is 0 Å². The molecule has 3 nitrogen and oxygen atoms in total. The molecule has 0 fully saturated rings. The van der Waals surface area contributed by atoms with Crippen LogP contribution >= 0.6 is 12.0 Å². The van der Waals surface area contributed by atoms with Gasteiger partial charge in [-0.2, -0.15) is 0 Å². The van der Waals surface area contributed by atoms with Gasteiger partial charge in [0.05, 0.1) is 12.0 Å². The fraction of sp³-hybridized carbons (Fsp3) is 0.167. The van der Waals surface area contributed by atoms with Crippen LogP contribution in [0, 0.1) is 0 Å². The molecule has 54 valence electrons. The van der Waals surface area contributed by atoms with E-state index in [-0.39, 0.29) is 0 Å². The van der Waals surface area contributed by atoms with Crippen LogP contribution in [0.1, 0.15) is 0 Å². The van der Waals surface area contributed by atoms with Gasteiger partial charge in [0.1, 0.15) is 0 Å². The fourth-order valence-electron chi connectivity index (χ4n) is 0.541. The van der Waals surface area contributed by atoms with Crippen LogP contribution in [0.3, 0.4) is 0 Å². The highest BCUT2D eigenvalue weighted by Gasteiger charge is 1.92. The maximum atomic E-state index is 8.54. The van der Waals surface area contributed by atoms with Crippen molar-refractivity contribution in [3.8, 4) is 5.88 Å². The number of rotatable bonds is 2. The number of aromatic nitrogens is 1. The molecule has 0 atom stereocenters. The van der Waals surface area contributed by atoms with Gasteiger partial charge in [0.2, 0.25) is 5.88 Å². The van der Waals surface area contributed by atoms with E-state index in [1.54, 1.807) is 25.4 Å². The number of hydrogen-bond donors (Lipinski definition) is 1. The number of ether oxygens (including phenoxy) is 1. The van der Waals surface area contributed by atoms with Crippen molar-refractivity contribution >= 4 is 12.0 Å². The zero-order valence-corrected chi connectivity index (χ0v) is 6.26. The average Bonchev–Trinajstić information content (AvgIpc) is 2.05. The Bertz CT molecular complexity index is 176. The monoisotopic (exact) mass is 157 g/mol. The number of hydrogen-bond acceptors (Lipinski definition) is 4. The molecule has 1 heterocycles. The first kappa shape index (κ1) is 7.37. The number of methoxy groups -OCH3 is 1. The lowest BCUT2D eigenvalue weighted by molar-refractivity contribution is 0.397. The van der Waals surface area contributed by atoms with Crippen LogP contribution in [0.15, 0.2) is 23.2 Å². The minimum absolute atomic E-state index is 0.554. The Labute approximate surface area is 63.3 Å². The molecule has 0 aliphatic heterocycles. The lowest BCUT2D eigenvalue weighted by Crippen LogP contribution is -1.85. The maximum Gasteiger partial charge on any atom is 0.212 e. The molecular formula is C6H7NO2S. The van der Waals surface area contributed by atoms with Gasteiger partial charge in [-0.3, -0.25) is 0 Å². The molecule has 0 saturated carbocycles. The molecule has 10 heavy (non-hydrogen) atoms. The minimum Gasteiger partial charge on any atom is -0.481 e. The SMILES string of the molecule is COc1ccc(SO)cn1. The Morgan fingerprint density at radius 3 is 2.80 bits per heavy atom. The number of nitrogens with zero attached hydrogens (tertiary/aromatic N) is 1. The normalized spacial score (nSPS) is 9.40. The van der Waals surface area contributed by atoms with E-state index in [2.05, 4.69) is 4.98 Å². The third-order valence-corrected chi connectivity index (χ3v) is 1.48. The van der Waals surface area contributed by atoms with E-state index in [1.807, 2.05) is 0 Å². The van der Waals surface area contributed by atoms with Gasteiger partial charge in [-0.15, -0.1) is 0 Å². The summed E-state index contributed by atoms with van der Waals surface area (Å²) in [6.07, 6.45) is 1.55. The molecule has 0 unspecified atom stereocenters. The van der Waals surface area contributed by atoms with Gasteiger partial charge < -0.3 is 9.29 Å². The predicted molar refractivity (Wildman–Crippen MR) is 39.3 cm³/mol. The molecule has 0 spiro atoms. The average molecular weight is 157 g/mol. The molecule has 0 aliphatic rings. The van der Waals surface area contributed by atoms with Gasteiger partial charge in [-0.25, -0.2) is 4.98 Å². The van der Waals surface area contributed by atoms with E-state index in [9.17, 15) is 0 Å². The van der Waals surface area contributed by atoms with Crippen molar-refractivity contribution < 1.29 is 9.29 Å².